The molecule has 0 amide bonds. The van der Waals surface area contributed by atoms with Gasteiger partial charge in [-0.1, -0.05) is 11.6 Å². The molecule has 7 nitrogen and oxygen atoms in total. The van der Waals surface area contributed by atoms with Crippen molar-refractivity contribution in [1.82, 2.24) is 14.2 Å². The van der Waals surface area contributed by atoms with Crippen LogP contribution in [0.3, 0.4) is 0 Å². The molecule has 31 heavy (non-hydrogen) atoms. The van der Waals surface area contributed by atoms with Gasteiger partial charge in [0.1, 0.15) is 5.75 Å². The van der Waals surface area contributed by atoms with Gasteiger partial charge in [-0.25, -0.2) is 13.4 Å². The number of aromatic nitrogens is 1. The first-order valence-electron chi connectivity index (χ1n) is 10.1. The number of ether oxygens (including phenoxy) is 1. The Balaban J connectivity index is 1.35. The van der Waals surface area contributed by atoms with E-state index in [-0.39, 0.29) is 4.90 Å². The first-order valence-corrected chi connectivity index (χ1v) is 11.9. The van der Waals surface area contributed by atoms with Crippen LogP contribution in [0.1, 0.15) is 12.8 Å². The smallest absolute Gasteiger partial charge is 0.243 e. The molecule has 0 bridgehead atoms. The van der Waals surface area contributed by atoms with Crippen molar-refractivity contribution in [2.75, 3.05) is 32.8 Å². The summed E-state index contributed by atoms with van der Waals surface area (Å²) in [5.41, 5.74) is 0.911. The predicted octanol–water partition coefficient (Wildman–Crippen LogP) is 3.90. The fourth-order valence-corrected chi connectivity index (χ4v) is 5.02. The fraction of sp³-hybridized carbons (Fsp3) is 0.318. The van der Waals surface area contributed by atoms with Crippen LogP contribution in [-0.2, 0) is 16.6 Å². The Bertz CT molecular complexity index is 1110. The average Bonchev–Trinajstić information content (AvgIpc) is 3.24. The number of hydrogen-bond acceptors (Lipinski definition) is 6. The zero-order valence-corrected chi connectivity index (χ0v) is 18.8. The average molecular weight is 462 g/mol. The minimum absolute atomic E-state index is 0.282. The molecular formula is C22H24ClN3O4S. The van der Waals surface area contributed by atoms with E-state index in [4.69, 9.17) is 20.8 Å². The minimum atomic E-state index is -3.52. The van der Waals surface area contributed by atoms with E-state index in [0.717, 1.165) is 5.56 Å². The molecule has 2 heterocycles. The lowest BCUT2D eigenvalue weighted by Gasteiger charge is -2.33. The summed E-state index contributed by atoms with van der Waals surface area (Å²) in [6, 6.07) is 14.0. The Hall–Kier alpha value is -2.39. The minimum Gasteiger partial charge on any atom is -0.494 e. The Morgan fingerprint density at radius 1 is 1.03 bits per heavy atom. The second kappa shape index (κ2) is 9.40. The number of oxazole rings is 1. The van der Waals surface area contributed by atoms with Gasteiger partial charge in [-0.05, 0) is 55.5 Å². The summed E-state index contributed by atoms with van der Waals surface area (Å²) in [5, 5.41) is 0.668. The lowest BCUT2D eigenvalue weighted by molar-refractivity contribution is 0.168. The molecule has 1 aliphatic heterocycles. The number of benzene rings is 2. The molecule has 0 saturated carbocycles. The molecule has 1 aliphatic rings. The monoisotopic (exact) mass is 461 g/mol. The zero-order valence-electron chi connectivity index (χ0n) is 17.2. The number of halogens is 1. The van der Waals surface area contributed by atoms with Crippen LogP contribution in [0.25, 0.3) is 11.3 Å². The van der Waals surface area contributed by atoms with Gasteiger partial charge in [-0.15, -0.1) is 0 Å². The Labute approximate surface area is 187 Å². The van der Waals surface area contributed by atoms with E-state index in [1.807, 2.05) is 31.2 Å². The van der Waals surface area contributed by atoms with Crippen LogP contribution in [0.5, 0.6) is 5.75 Å². The Kier molecular flexibility index (Phi) is 6.62. The maximum absolute atomic E-state index is 12.9. The molecule has 0 radical (unpaired) electrons. The van der Waals surface area contributed by atoms with Gasteiger partial charge in [0.05, 0.1) is 24.2 Å². The van der Waals surface area contributed by atoms with E-state index in [1.165, 1.54) is 4.31 Å². The van der Waals surface area contributed by atoms with Crippen LogP contribution in [0.4, 0.5) is 0 Å². The van der Waals surface area contributed by atoms with Crippen LogP contribution in [0.15, 0.2) is 64.0 Å². The largest absolute Gasteiger partial charge is 0.494 e. The highest BCUT2D eigenvalue weighted by Crippen LogP contribution is 2.24. The van der Waals surface area contributed by atoms with Crippen molar-refractivity contribution in [2.45, 2.75) is 18.4 Å². The van der Waals surface area contributed by atoms with Gasteiger partial charge in [0.25, 0.3) is 0 Å². The number of sulfonamides is 1. The zero-order chi connectivity index (χ0) is 21.8. The third-order valence-corrected chi connectivity index (χ3v) is 7.31. The molecule has 3 aromatic rings. The maximum atomic E-state index is 12.9. The lowest BCUT2D eigenvalue weighted by atomic mass is 10.2. The van der Waals surface area contributed by atoms with Crippen LogP contribution in [0, 0.1) is 0 Å². The summed E-state index contributed by atoms with van der Waals surface area (Å²) < 4.78 is 38.6. The quantitative estimate of drug-likeness (QED) is 0.531. The van der Waals surface area contributed by atoms with Crippen molar-refractivity contribution in [3.63, 3.8) is 0 Å². The lowest BCUT2D eigenvalue weighted by Crippen LogP contribution is -2.48. The SMILES string of the molecule is CCOc1ccc(S(=O)(=O)N2CCN(Cc3ncc(-c4ccc(Cl)cc4)o3)CC2)cc1. The van der Waals surface area contributed by atoms with Gasteiger partial charge in [0.2, 0.25) is 15.9 Å². The van der Waals surface area contributed by atoms with E-state index < -0.39 is 10.0 Å². The van der Waals surface area contributed by atoms with Gasteiger partial charge < -0.3 is 9.15 Å². The second-order valence-corrected chi connectivity index (χ2v) is 9.58. The van der Waals surface area contributed by atoms with Crippen molar-refractivity contribution < 1.29 is 17.6 Å². The molecule has 2 aromatic carbocycles. The number of rotatable bonds is 7. The summed E-state index contributed by atoms with van der Waals surface area (Å²) in [5.74, 6) is 1.95. The highest BCUT2D eigenvalue weighted by Gasteiger charge is 2.29. The Morgan fingerprint density at radius 2 is 1.71 bits per heavy atom. The van der Waals surface area contributed by atoms with Crippen molar-refractivity contribution in [2.24, 2.45) is 0 Å². The van der Waals surface area contributed by atoms with Gasteiger partial charge in [0.15, 0.2) is 5.76 Å². The summed E-state index contributed by atoms with van der Waals surface area (Å²) in [4.78, 5) is 6.79. The molecule has 9 heteroatoms. The van der Waals surface area contributed by atoms with E-state index in [0.29, 0.717) is 61.8 Å². The molecule has 164 valence electrons. The third-order valence-electron chi connectivity index (χ3n) is 5.14. The van der Waals surface area contributed by atoms with Crippen LogP contribution < -0.4 is 4.74 Å². The first kappa shape index (κ1) is 21.8. The Morgan fingerprint density at radius 3 is 2.35 bits per heavy atom. The third kappa shape index (κ3) is 5.10. The van der Waals surface area contributed by atoms with Gasteiger partial charge in [-0.2, -0.15) is 4.31 Å². The molecule has 0 N–H and O–H groups in total. The first-order chi connectivity index (χ1) is 15.0. The summed E-state index contributed by atoms with van der Waals surface area (Å²) >= 11 is 5.93. The van der Waals surface area contributed by atoms with Gasteiger partial charge in [-0.3, -0.25) is 4.90 Å². The summed E-state index contributed by atoms with van der Waals surface area (Å²) in [6.07, 6.45) is 1.70. The highest BCUT2D eigenvalue weighted by molar-refractivity contribution is 7.89. The van der Waals surface area contributed by atoms with Crippen LogP contribution in [0.2, 0.25) is 5.02 Å². The number of nitrogens with zero attached hydrogens (tertiary/aromatic N) is 3. The second-order valence-electron chi connectivity index (χ2n) is 7.21. The van der Waals surface area contributed by atoms with Crippen molar-refractivity contribution in [1.29, 1.82) is 0 Å². The molecule has 0 unspecified atom stereocenters. The van der Waals surface area contributed by atoms with E-state index >= 15 is 0 Å². The molecule has 1 aromatic heterocycles. The predicted molar refractivity (Wildman–Crippen MR) is 119 cm³/mol. The van der Waals surface area contributed by atoms with Crippen molar-refractivity contribution in [3.05, 3.63) is 65.6 Å². The van der Waals surface area contributed by atoms with Crippen molar-refractivity contribution >= 4 is 21.6 Å². The van der Waals surface area contributed by atoms with E-state index in [1.54, 1.807) is 30.5 Å². The standard InChI is InChI=1S/C22H24ClN3O4S/c1-2-29-19-7-9-20(10-8-19)31(27,28)26-13-11-25(12-14-26)16-22-24-15-21(30-22)17-3-5-18(23)6-4-17/h3-10,15H,2,11-14,16H2,1H3. The normalized spacial score (nSPS) is 15.8. The molecular weight excluding hydrogens is 438 g/mol. The van der Waals surface area contributed by atoms with E-state index in [9.17, 15) is 8.42 Å². The topological polar surface area (TPSA) is 75.9 Å². The molecule has 1 fully saturated rings. The van der Waals surface area contributed by atoms with E-state index in [2.05, 4.69) is 9.88 Å². The molecule has 4 rings (SSSR count). The molecule has 1 saturated heterocycles. The highest BCUT2D eigenvalue weighted by atomic mass is 35.5. The number of hydrogen-bond donors (Lipinski definition) is 0. The maximum Gasteiger partial charge on any atom is 0.243 e. The van der Waals surface area contributed by atoms with Gasteiger partial charge >= 0.3 is 0 Å². The summed E-state index contributed by atoms with van der Waals surface area (Å²) in [6.45, 7) is 5.01. The van der Waals surface area contributed by atoms with Crippen LogP contribution in [-0.4, -0.2) is 55.4 Å². The molecule has 0 aliphatic carbocycles. The van der Waals surface area contributed by atoms with Crippen LogP contribution >= 0.6 is 11.6 Å². The summed E-state index contributed by atoms with van der Waals surface area (Å²) in [7, 11) is -3.52. The molecule has 0 spiro atoms. The molecule has 0 atom stereocenters. The van der Waals surface area contributed by atoms with Gasteiger partial charge in [0, 0.05) is 36.8 Å². The number of piperazine rings is 1. The van der Waals surface area contributed by atoms with Crippen molar-refractivity contribution in [3.8, 4) is 17.1 Å². The fourth-order valence-electron chi connectivity index (χ4n) is 3.47.